The van der Waals surface area contributed by atoms with Gasteiger partial charge in [-0.1, -0.05) is 23.2 Å². The Bertz CT molecular complexity index is 540. The highest BCUT2D eigenvalue weighted by molar-refractivity contribution is 6.35. The van der Waals surface area contributed by atoms with Crippen LogP contribution in [0.2, 0.25) is 10.0 Å². The van der Waals surface area contributed by atoms with E-state index in [0.29, 0.717) is 28.3 Å². The van der Waals surface area contributed by atoms with Gasteiger partial charge in [0.05, 0.1) is 22.9 Å². The molecule has 4 atom stereocenters. The van der Waals surface area contributed by atoms with E-state index in [1.807, 2.05) is 0 Å². The Labute approximate surface area is 126 Å². The van der Waals surface area contributed by atoms with Gasteiger partial charge in [-0.15, -0.1) is 0 Å². The minimum atomic E-state index is -0.358. The topological polar surface area (TPSA) is 76.4 Å². The number of benzene rings is 1. The summed E-state index contributed by atoms with van der Waals surface area (Å²) < 4.78 is 5.56. The lowest BCUT2D eigenvalue weighted by Gasteiger charge is -2.45. The number of nitrogens with two attached hydrogens (primary N) is 1. The van der Waals surface area contributed by atoms with Gasteiger partial charge in [-0.05, 0) is 24.6 Å². The number of fused-ring (bicyclic) bond motifs is 1. The third-order valence-electron chi connectivity index (χ3n) is 3.92. The van der Waals surface area contributed by atoms with Crippen molar-refractivity contribution in [2.24, 2.45) is 11.7 Å². The van der Waals surface area contributed by atoms with Gasteiger partial charge in [-0.25, -0.2) is 4.79 Å². The molecule has 1 saturated heterocycles. The minimum absolute atomic E-state index is 0.0329. The lowest BCUT2D eigenvalue weighted by molar-refractivity contribution is -0.0128. The molecule has 1 aliphatic carbocycles. The van der Waals surface area contributed by atoms with E-state index >= 15 is 0 Å². The van der Waals surface area contributed by atoms with Gasteiger partial charge in [0.25, 0.3) is 0 Å². The number of carbonyl (C=O) groups excluding carboxylic acids is 1. The van der Waals surface area contributed by atoms with Crippen molar-refractivity contribution in [3.8, 4) is 0 Å². The number of hydrogen-bond acceptors (Lipinski definition) is 3. The number of nitrogens with one attached hydrogen (secondary N) is 2. The Morgan fingerprint density at radius 3 is 3.00 bits per heavy atom. The van der Waals surface area contributed by atoms with Crippen LogP contribution in [0.3, 0.4) is 0 Å². The van der Waals surface area contributed by atoms with Gasteiger partial charge in [-0.3, -0.25) is 0 Å². The van der Waals surface area contributed by atoms with Gasteiger partial charge in [0.2, 0.25) is 0 Å². The highest BCUT2D eigenvalue weighted by Gasteiger charge is 2.52. The summed E-state index contributed by atoms with van der Waals surface area (Å²) in [6, 6.07) is 4.32. The number of amides is 2. The smallest absolute Gasteiger partial charge is 0.319 e. The van der Waals surface area contributed by atoms with Crippen molar-refractivity contribution < 1.29 is 9.53 Å². The molecule has 1 aromatic carbocycles. The normalized spacial score (nSPS) is 31.4. The Kier molecular flexibility index (Phi) is 3.77. The zero-order chi connectivity index (χ0) is 14.3. The maximum atomic E-state index is 12.0. The van der Waals surface area contributed by atoms with Crippen LogP contribution < -0.4 is 16.4 Å². The molecule has 0 aromatic heterocycles. The van der Waals surface area contributed by atoms with Gasteiger partial charge in [0.1, 0.15) is 0 Å². The van der Waals surface area contributed by atoms with Crippen molar-refractivity contribution in [2.75, 3.05) is 11.9 Å². The number of hydrogen-bond donors (Lipinski definition) is 3. The summed E-state index contributed by atoms with van der Waals surface area (Å²) in [4.78, 5) is 12.0. The van der Waals surface area contributed by atoms with Gasteiger partial charge < -0.3 is 21.1 Å². The van der Waals surface area contributed by atoms with Crippen molar-refractivity contribution in [1.82, 2.24) is 5.32 Å². The largest absolute Gasteiger partial charge is 0.376 e. The molecule has 1 aliphatic heterocycles. The van der Waals surface area contributed by atoms with Crippen LogP contribution in [-0.4, -0.2) is 30.8 Å². The number of rotatable bonds is 2. The van der Waals surface area contributed by atoms with E-state index < -0.39 is 0 Å². The van der Waals surface area contributed by atoms with Crippen LogP contribution >= 0.6 is 23.2 Å². The Balaban J connectivity index is 1.61. The maximum absolute atomic E-state index is 12.0. The van der Waals surface area contributed by atoms with E-state index in [0.717, 1.165) is 6.42 Å². The summed E-state index contributed by atoms with van der Waals surface area (Å²) in [6.07, 6.45) is 0.997. The molecule has 4 N–H and O–H groups in total. The van der Waals surface area contributed by atoms with Crippen molar-refractivity contribution >= 4 is 34.9 Å². The van der Waals surface area contributed by atoms with Crippen molar-refractivity contribution in [3.63, 3.8) is 0 Å². The molecule has 0 bridgehead atoms. The van der Waals surface area contributed by atoms with Crippen LogP contribution in [-0.2, 0) is 4.74 Å². The molecule has 1 heterocycles. The predicted molar refractivity (Wildman–Crippen MR) is 78.2 cm³/mol. The molecule has 4 unspecified atom stereocenters. The van der Waals surface area contributed by atoms with E-state index in [1.54, 1.807) is 18.2 Å². The molecule has 20 heavy (non-hydrogen) atoms. The number of carbonyl (C=O) groups is 1. The molecule has 5 nitrogen and oxygen atoms in total. The van der Waals surface area contributed by atoms with Crippen LogP contribution in [0.5, 0.6) is 0 Å². The predicted octanol–water partition coefficient (Wildman–Crippen LogP) is 2.23. The van der Waals surface area contributed by atoms with Crippen LogP contribution in [0.4, 0.5) is 10.5 Å². The fraction of sp³-hybridized carbons (Fsp3) is 0.462. The van der Waals surface area contributed by atoms with Crippen LogP contribution in [0.25, 0.3) is 0 Å². The molecule has 3 rings (SSSR count). The standard InChI is InChI=1S/C13H15Cl2N3O2/c14-6-1-2-8(15)9(5-6)17-13(19)18-11-10(16)7-3-4-20-12(7)11/h1-2,5,7,10-12H,3-4,16H2,(H2,17,18,19). The molecule has 108 valence electrons. The first-order valence-corrected chi connectivity index (χ1v) is 7.21. The summed E-state index contributed by atoms with van der Waals surface area (Å²) >= 11 is 11.9. The molecule has 2 fully saturated rings. The second kappa shape index (κ2) is 5.41. The lowest BCUT2D eigenvalue weighted by atomic mass is 9.72. The first-order valence-electron chi connectivity index (χ1n) is 6.46. The van der Waals surface area contributed by atoms with E-state index in [9.17, 15) is 4.79 Å². The number of halogens is 2. The van der Waals surface area contributed by atoms with E-state index in [4.69, 9.17) is 33.7 Å². The average molecular weight is 316 g/mol. The molecule has 0 spiro atoms. The van der Waals surface area contributed by atoms with Crippen molar-refractivity contribution in [1.29, 1.82) is 0 Å². The molecular formula is C13H15Cl2N3O2. The van der Waals surface area contributed by atoms with Crippen molar-refractivity contribution in [2.45, 2.75) is 24.6 Å². The maximum Gasteiger partial charge on any atom is 0.319 e. The fourth-order valence-corrected chi connectivity index (χ4v) is 3.17. The monoisotopic (exact) mass is 315 g/mol. The lowest BCUT2D eigenvalue weighted by Crippen LogP contribution is -2.69. The quantitative estimate of drug-likeness (QED) is 0.783. The third kappa shape index (κ3) is 2.46. The Morgan fingerprint density at radius 1 is 1.40 bits per heavy atom. The van der Waals surface area contributed by atoms with Gasteiger partial charge >= 0.3 is 6.03 Å². The zero-order valence-corrected chi connectivity index (χ0v) is 12.1. The molecule has 7 heteroatoms. The zero-order valence-electron chi connectivity index (χ0n) is 10.6. The molecular weight excluding hydrogens is 301 g/mol. The number of ether oxygens (including phenoxy) is 1. The summed E-state index contributed by atoms with van der Waals surface area (Å²) in [5, 5.41) is 6.44. The minimum Gasteiger partial charge on any atom is -0.376 e. The number of anilines is 1. The second-order valence-corrected chi connectivity index (χ2v) is 5.96. The van der Waals surface area contributed by atoms with Crippen LogP contribution in [0.1, 0.15) is 6.42 Å². The van der Waals surface area contributed by atoms with Gasteiger partial charge in [0, 0.05) is 23.6 Å². The van der Waals surface area contributed by atoms with Gasteiger partial charge in [-0.2, -0.15) is 0 Å². The number of urea groups is 1. The third-order valence-corrected chi connectivity index (χ3v) is 4.49. The highest BCUT2D eigenvalue weighted by atomic mass is 35.5. The molecule has 2 amide bonds. The average Bonchev–Trinajstić information content (AvgIpc) is 2.85. The first-order chi connectivity index (χ1) is 9.56. The summed E-state index contributed by atoms with van der Waals surface area (Å²) in [7, 11) is 0. The molecule has 1 saturated carbocycles. The van der Waals surface area contributed by atoms with Crippen LogP contribution in [0.15, 0.2) is 18.2 Å². The molecule has 2 aliphatic rings. The van der Waals surface area contributed by atoms with E-state index in [2.05, 4.69) is 10.6 Å². The fourth-order valence-electron chi connectivity index (χ4n) is 2.83. The molecule has 1 aromatic rings. The summed E-state index contributed by atoms with van der Waals surface area (Å²) in [6.45, 7) is 0.711. The Hall–Kier alpha value is -1.01. The van der Waals surface area contributed by atoms with Crippen molar-refractivity contribution in [3.05, 3.63) is 28.2 Å². The summed E-state index contributed by atoms with van der Waals surface area (Å²) in [5.74, 6) is 0.357. The van der Waals surface area contributed by atoms with E-state index in [1.165, 1.54) is 0 Å². The van der Waals surface area contributed by atoms with Gasteiger partial charge in [0.15, 0.2) is 0 Å². The molecule has 0 radical (unpaired) electrons. The second-order valence-electron chi connectivity index (χ2n) is 5.11. The van der Waals surface area contributed by atoms with E-state index in [-0.39, 0.29) is 24.2 Å². The van der Waals surface area contributed by atoms with Crippen LogP contribution in [0, 0.1) is 5.92 Å². The highest BCUT2D eigenvalue weighted by Crippen LogP contribution is 2.37. The Morgan fingerprint density at radius 2 is 2.20 bits per heavy atom. The SMILES string of the molecule is NC1C2CCOC2C1NC(=O)Nc1cc(Cl)ccc1Cl. The first kappa shape index (κ1) is 13.9. The summed E-state index contributed by atoms with van der Waals surface area (Å²) in [5.41, 5.74) is 6.50.